The maximum Gasteiger partial charge on any atom is 0.276 e. The van der Waals surface area contributed by atoms with Gasteiger partial charge < -0.3 is 14.0 Å². The third-order valence-corrected chi connectivity index (χ3v) is 3.34. The molecule has 7 heteroatoms. The number of halogens is 2. The van der Waals surface area contributed by atoms with Crippen LogP contribution in [0.4, 0.5) is 0 Å². The lowest BCUT2D eigenvalue weighted by molar-refractivity contribution is 0.395. The molecule has 0 spiro atoms. The second-order valence-electron chi connectivity index (χ2n) is 4.02. The van der Waals surface area contributed by atoms with Crippen LogP contribution >= 0.6 is 23.2 Å². The van der Waals surface area contributed by atoms with E-state index in [2.05, 4.69) is 4.98 Å². The van der Waals surface area contributed by atoms with Gasteiger partial charge in [-0.3, -0.25) is 4.79 Å². The highest BCUT2D eigenvalue weighted by molar-refractivity contribution is 6.35. The molecule has 2 rings (SSSR count). The summed E-state index contributed by atoms with van der Waals surface area (Å²) in [5.74, 6) is 0.898. The largest absolute Gasteiger partial charge is 0.497 e. The number of benzene rings is 1. The fraction of sp³-hybridized carbons (Fsp3) is 0.231. The lowest BCUT2D eigenvalue weighted by Crippen LogP contribution is -2.19. The number of methoxy groups -OCH3 is 2. The molecule has 0 fully saturated rings. The molecule has 0 radical (unpaired) electrons. The molecule has 0 saturated carbocycles. The molecule has 1 aromatic heterocycles. The summed E-state index contributed by atoms with van der Waals surface area (Å²) in [7, 11) is 4.58. The molecule has 1 aromatic carbocycles. The summed E-state index contributed by atoms with van der Waals surface area (Å²) in [4.78, 5) is 16.2. The highest BCUT2D eigenvalue weighted by Gasteiger charge is 2.17. The van der Waals surface area contributed by atoms with Gasteiger partial charge in [0.2, 0.25) is 0 Å². The number of hydrogen-bond acceptors (Lipinski definition) is 4. The SMILES string of the molecule is COc1cc(OC)c(Cl)c(-c2nc(Cl)cn(C)c2=O)c1. The fourth-order valence-corrected chi connectivity index (χ4v) is 2.26. The average Bonchev–Trinajstić information content (AvgIpc) is 2.43. The van der Waals surface area contributed by atoms with Crippen molar-refractivity contribution in [1.82, 2.24) is 9.55 Å². The van der Waals surface area contributed by atoms with Gasteiger partial charge in [0.15, 0.2) is 0 Å². The lowest BCUT2D eigenvalue weighted by atomic mass is 10.1. The first kappa shape index (κ1) is 14.7. The minimum Gasteiger partial charge on any atom is -0.497 e. The van der Waals surface area contributed by atoms with Crippen LogP contribution in [0.5, 0.6) is 11.5 Å². The fourth-order valence-electron chi connectivity index (χ4n) is 1.76. The summed E-state index contributed by atoms with van der Waals surface area (Å²) >= 11 is 12.1. The molecule has 0 amide bonds. The van der Waals surface area contributed by atoms with Crippen LogP contribution in [-0.2, 0) is 7.05 Å². The third kappa shape index (κ3) is 2.59. The van der Waals surface area contributed by atoms with Crippen LogP contribution in [-0.4, -0.2) is 23.8 Å². The predicted molar refractivity (Wildman–Crippen MR) is 78.0 cm³/mol. The van der Waals surface area contributed by atoms with Gasteiger partial charge in [-0.25, -0.2) is 4.98 Å². The summed E-state index contributed by atoms with van der Waals surface area (Å²) in [6.07, 6.45) is 1.43. The van der Waals surface area contributed by atoms with Crippen molar-refractivity contribution in [2.24, 2.45) is 7.05 Å². The van der Waals surface area contributed by atoms with Crippen LogP contribution in [0.1, 0.15) is 0 Å². The van der Waals surface area contributed by atoms with Crippen LogP contribution < -0.4 is 15.0 Å². The first-order valence-electron chi connectivity index (χ1n) is 5.63. The summed E-state index contributed by atoms with van der Waals surface area (Å²) in [5.41, 5.74) is 0.236. The molecule has 0 atom stereocenters. The van der Waals surface area contributed by atoms with Gasteiger partial charge >= 0.3 is 0 Å². The Morgan fingerprint density at radius 3 is 2.50 bits per heavy atom. The van der Waals surface area contributed by atoms with Gasteiger partial charge in [0.05, 0.1) is 19.2 Å². The Labute approximate surface area is 125 Å². The topological polar surface area (TPSA) is 53.4 Å². The van der Waals surface area contributed by atoms with Gasteiger partial charge in [-0.2, -0.15) is 0 Å². The number of aromatic nitrogens is 2. The monoisotopic (exact) mass is 314 g/mol. The molecular formula is C13H12Cl2N2O3. The normalized spacial score (nSPS) is 10.4. The number of rotatable bonds is 3. The second-order valence-corrected chi connectivity index (χ2v) is 4.78. The van der Waals surface area contributed by atoms with Crippen molar-refractivity contribution >= 4 is 23.2 Å². The lowest BCUT2D eigenvalue weighted by Gasteiger charge is -2.11. The van der Waals surface area contributed by atoms with Crippen molar-refractivity contribution in [1.29, 1.82) is 0 Å². The zero-order valence-corrected chi connectivity index (χ0v) is 12.6. The molecule has 0 bridgehead atoms. The zero-order chi connectivity index (χ0) is 14.9. The van der Waals surface area contributed by atoms with Crippen molar-refractivity contribution in [3.8, 4) is 22.8 Å². The third-order valence-electron chi connectivity index (χ3n) is 2.77. The highest BCUT2D eigenvalue weighted by Crippen LogP contribution is 2.37. The van der Waals surface area contributed by atoms with Crippen LogP contribution in [0.3, 0.4) is 0 Å². The van der Waals surface area contributed by atoms with Crippen molar-refractivity contribution in [2.75, 3.05) is 14.2 Å². The molecule has 0 N–H and O–H groups in total. The van der Waals surface area contributed by atoms with Crippen LogP contribution in [0.15, 0.2) is 23.1 Å². The molecule has 5 nitrogen and oxygen atoms in total. The molecule has 2 aromatic rings. The zero-order valence-electron chi connectivity index (χ0n) is 11.1. The Bertz CT molecular complexity index is 713. The van der Waals surface area contributed by atoms with Crippen LogP contribution in [0.2, 0.25) is 10.2 Å². The molecule has 0 unspecified atom stereocenters. The number of nitrogens with zero attached hydrogens (tertiary/aromatic N) is 2. The molecular weight excluding hydrogens is 303 g/mol. The standard InChI is InChI=1S/C13H12Cl2N2O3/c1-17-6-10(14)16-12(13(17)18)8-4-7(19-2)5-9(20-3)11(8)15/h4-6H,1-3H3. The van der Waals surface area contributed by atoms with E-state index in [0.29, 0.717) is 17.1 Å². The van der Waals surface area contributed by atoms with Crippen LogP contribution in [0.25, 0.3) is 11.3 Å². The van der Waals surface area contributed by atoms with Gasteiger partial charge in [-0.05, 0) is 6.07 Å². The smallest absolute Gasteiger partial charge is 0.276 e. The van der Waals surface area contributed by atoms with Gasteiger partial charge in [-0.15, -0.1) is 0 Å². The van der Waals surface area contributed by atoms with E-state index in [4.69, 9.17) is 32.7 Å². The molecule has 20 heavy (non-hydrogen) atoms. The molecule has 1 heterocycles. The number of hydrogen-bond donors (Lipinski definition) is 0. The first-order chi connectivity index (χ1) is 9.47. The average molecular weight is 315 g/mol. The summed E-state index contributed by atoms with van der Waals surface area (Å²) in [6.45, 7) is 0. The Hall–Kier alpha value is -1.72. The Balaban J connectivity index is 2.78. The van der Waals surface area contributed by atoms with Crippen LogP contribution in [0, 0.1) is 0 Å². The van der Waals surface area contributed by atoms with Crippen molar-refractivity contribution in [3.63, 3.8) is 0 Å². The summed E-state index contributed by atoms with van der Waals surface area (Å²) < 4.78 is 11.7. The van der Waals surface area contributed by atoms with E-state index in [1.807, 2.05) is 0 Å². The Kier molecular flexibility index (Phi) is 4.20. The molecule has 106 valence electrons. The van der Waals surface area contributed by atoms with Crippen molar-refractivity contribution in [2.45, 2.75) is 0 Å². The number of ether oxygens (including phenoxy) is 2. The summed E-state index contributed by atoms with van der Waals surface area (Å²) in [5, 5.41) is 0.472. The summed E-state index contributed by atoms with van der Waals surface area (Å²) in [6, 6.07) is 3.24. The van der Waals surface area contributed by atoms with Gasteiger partial charge in [0.25, 0.3) is 5.56 Å². The molecule has 0 aliphatic rings. The Morgan fingerprint density at radius 1 is 1.20 bits per heavy atom. The first-order valence-corrected chi connectivity index (χ1v) is 6.38. The minimum atomic E-state index is -0.313. The van der Waals surface area contributed by atoms with E-state index in [0.717, 1.165) is 0 Å². The minimum absolute atomic E-state index is 0.141. The Morgan fingerprint density at radius 2 is 1.90 bits per heavy atom. The van der Waals surface area contributed by atoms with E-state index in [1.165, 1.54) is 25.0 Å². The predicted octanol–water partition coefficient (Wildman–Crippen LogP) is 2.77. The molecule has 0 aliphatic carbocycles. The van der Waals surface area contributed by atoms with Crippen molar-refractivity contribution in [3.05, 3.63) is 38.9 Å². The quantitative estimate of drug-likeness (QED) is 0.874. The number of aryl methyl sites for hydroxylation is 1. The van der Waals surface area contributed by atoms with Gasteiger partial charge in [-0.1, -0.05) is 23.2 Å². The second kappa shape index (κ2) is 5.73. The van der Waals surface area contributed by atoms with Gasteiger partial charge in [0.1, 0.15) is 22.3 Å². The molecule has 0 saturated heterocycles. The van der Waals surface area contributed by atoms with Gasteiger partial charge in [0, 0.05) is 24.9 Å². The van der Waals surface area contributed by atoms with E-state index in [1.54, 1.807) is 19.2 Å². The van der Waals surface area contributed by atoms with E-state index in [9.17, 15) is 4.79 Å². The maximum atomic E-state index is 12.2. The highest BCUT2D eigenvalue weighted by atomic mass is 35.5. The van der Waals surface area contributed by atoms with E-state index in [-0.39, 0.29) is 21.4 Å². The van der Waals surface area contributed by atoms with Crippen molar-refractivity contribution < 1.29 is 9.47 Å². The maximum absolute atomic E-state index is 12.2. The van der Waals surface area contributed by atoms with E-state index < -0.39 is 0 Å². The van der Waals surface area contributed by atoms with E-state index >= 15 is 0 Å². The molecule has 0 aliphatic heterocycles.